The lowest BCUT2D eigenvalue weighted by atomic mass is 10.1. The lowest BCUT2D eigenvalue weighted by Gasteiger charge is -2.11. The summed E-state index contributed by atoms with van der Waals surface area (Å²) < 4.78 is 10.4. The molecule has 28 heavy (non-hydrogen) atoms. The zero-order valence-electron chi connectivity index (χ0n) is 16.2. The van der Waals surface area contributed by atoms with Gasteiger partial charge in [0.05, 0.1) is 26.1 Å². The van der Waals surface area contributed by atoms with Crippen molar-refractivity contribution in [2.45, 2.75) is 13.3 Å². The molecular formula is C22H23N3O3. The molecule has 1 amide bonds. The predicted molar refractivity (Wildman–Crippen MR) is 111 cm³/mol. The summed E-state index contributed by atoms with van der Waals surface area (Å²) in [6, 6.07) is 16.8. The van der Waals surface area contributed by atoms with Crippen LogP contribution >= 0.6 is 0 Å². The van der Waals surface area contributed by atoms with Gasteiger partial charge in [0.25, 0.3) is 5.91 Å². The third-order valence-corrected chi connectivity index (χ3v) is 4.30. The number of aryl methyl sites for hydroxylation is 1. The number of anilines is 3. The predicted octanol–water partition coefficient (Wildman–Crippen LogP) is 4.66. The second kappa shape index (κ2) is 8.90. The van der Waals surface area contributed by atoms with E-state index < -0.39 is 0 Å². The zero-order chi connectivity index (χ0) is 19.9. The van der Waals surface area contributed by atoms with Crippen molar-refractivity contribution in [3.63, 3.8) is 0 Å². The number of carbonyl (C=O) groups excluding carboxylic acids is 1. The number of rotatable bonds is 7. The highest BCUT2D eigenvalue weighted by atomic mass is 16.5. The fourth-order valence-corrected chi connectivity index (χ4v) is 2.77. The minimum Gasteiger partial charge on any atom is -0.497 e. The maximum absolute atomic E-state index is 12.5. The standard InChI is InChI=1S/C22H23N3O3/c1-4-15-7-5-6-8-20(15)25-21-10-9-17(14-23-21)24-22(26)16-11-18(27-2)13-19(12-16)28-3/h5-14H,4H2,1-3H3,(H,23,25)(H,24,26). The van der Waals surface area contributed by atoms with Crippen LogP contribution in [0.2, 0.25) is 0 Å². The molecule has 144 valence electrons. The Bertz CT molecular complexity index is 933. The van der Waals surface area contributed by atoms with Crippen LogP contribution in [0.5, 0.6) is 11.5 Å². The van der Waals surface area contributed by atoms with Crippen LogP contribution < -0.4 is 20.1 Å². The van der Waals surface area contributed by atoms with Crippen LogP contribution in [-0.2, 0) is 6.42 Å². The molecule has 0 saturated heterocycles. The van der Waals surface area contributed by atoms with Crippen molar-refractivity contribution in [3.05, 3.63) is 71.9 Å². The summed E-state index contributed by atoms with van der Waals surface area (Å²) in [6.45, 7) is 2.11. The van der Waals surface area contributed by atoms with Crippen LogP contribution in [0.15, 0.2) is 60.8 Å². The van der Waals surface area contributed by atoms with Gasteiger partial charge in [-0.2, -0.15) is 0 Å². The van der Waals surface area contributed by atoms with Gasteiger partial charge in [0, 0.05) is 17.3 Å². The van der Waals surface area contributed by atoms with Gasteiger partial charge in [0.2, 0.25) is 0 Å². The average molecular weight is 377 g/mol. The Morgan fingerprint density at radius 2 is 1.71 bits per heavy atom. The molecule has 1 heterocycles. The second-order valence-corrected chi connectivity index (χ2v) is 6.12. The molecule has 0 bridgehead atoms. The van der Waals surface area contributed by atoms with Crippen molar-refractivity contribution < 1.29 is 14.3 Å². The summed E-state index contributed by atoms with van der Waals surface area (Å²) >= 11 is 0. The number of carbonyl (C=O) groups is 1. The van der Waals surface area contributed by atoms with Gasteiger partial charge in [-0.3, -0.25) is 4.79 Å². The molecule has 0 atom stereocenters. The number of amides is 1. The normalized spacial score (nSPS) is 10.2. The number of ether oxygens (including phenoxy) is 2. The quantitative estimate of drug-likeness (QED) is 0.627. The van der Waals surface area contributed by atoms with E-state index >= 15 is 0 Å². The van der Waals surface area contributed by atoms with E-state index in [1.807, 2.05) is 24.3 Å². The lowest BCUT2D eigenvalue weighted by Crippen LogP contribution is -2.12. The number of pyridine rings is 1. The minimum absolute atomic E-state index is 0.268. The number of methoxy groups -OCH3 is 2. The lowest BCUT2D eigenvalue weighted by molar-refractivity contribution is 0.102. The van der Waals surface area contributed by atoms with E-state index in [0.717, 1.165) is 12.1 Å². The molecule has 0 aliphatic rings. The van der Waals surface area contributed by atoms with Crippen LogP contribution in [0.25, 0.3) is 0 Å². The largest absolute Gasteiger partial charge is 0.497 e. The highest BCUT2D eigenvalue weighted by molar-refractivity contribution is 6.04. The van der Waals surface area contributed by atoms with Crippen molar-refractivity contribution in [1.29, 1.82) is 0 Å². The van der Waals surface area contributed by atoms with E-state index in [2.05, 4.69) is 28.6 Å². The van der Waals surface area contributed by atoms with E-state index in [4.69, 9.17) is 9.47 Å². The third-order valence-electron chi connectivity index (χ3n) is 4.30. The van der Waals surface area contributed by atoms with Gasteiger partial charge in [0.1, 0.15) is 17.3 Å². The molecule has 3 rings (SSSR count). The molecule has 6 heteroatoms. The van der Waals surface area contributed by atoms with Gasteiger partial charge < -0.3 is 20.1 Å². The summed E-state index contributed by atoms with van der Waals surface area (Å²) in [6.07, 6.45) is 2.55. The Morgan fingerprint density at radius 3 is 2.32 bits per heavy atom. The SMILES string of the molecule is CCc1ccccc1Nc1ccc(NC(=O)c2cc(OC)cc(OC)c2)cn1. The molecule has 1 aromatic heterocycles. The maximum Gasteiger partial charge on any atom is 0.255 e. The molecule has 2 N–H and O–H groups in total. The van der Waals surface area contributed by atoms with Gasteiger partial charge in [-0.15, -0.1) is 0 Å². The number of hydrogen-bond donors (Lipinski definition) is 2. The van der Waals surface area contributed by atoms with Crippen molar-refractivity contribution in [3.8, 4) is 11.5 Å². The highest BCUT2D eigenvalue weighted by Gasteiger charge is 2.11. The van der Waals surface area contributed by atoms with E-state index in [0.29, 0.717) is 28.6 Å². The monoisotopic (exact) mass is 377 g/mol. The van der Waals surface area contributed by atoms with Crippen LogP contribution in [0.3, 0.4) is 0 Å². The van der Waals surface area contributed by atoms with E-state index in [1.54, 1.807) is 44.7 Å². The molecule has 6 nitrogen and oxygen atoms in total. The molecular weight excluding hydrogens is 354 g/mol. The summed E-state index contributed by atoms with van der Waals surface area (Å²) in [4.78, 5) is 16.9. The molecule has 2 aromatic carbocycles. The number of para-hydroxylation sites is 1. The van der Waals surface area contributed by atoms with E-state index in [-0.39, 0.29) is 5.91 Å². The van der Waals surface area contributed by atoms with Crippen LogP contribution in [0, 0.1) is 0 Å². The van der Waals surface area contributed by atoms with Gasteiger partial charge in [-0.1, -0.05) is 25.1 Å². The third kappa shape index (κ3) is 4.59. The van der Waals surface area contributed by atoms with E-state index in [9.17, 15) is 4.79 Å². The Balaban J connectivity index is 1.71. The smallest absolute Gasteiger partial charge is 0.255 e. The Morgan fingerprint density at radius 1 is 1.00 bits per heavy atom. The van der Waals surface area contributed by atoms with E-state index in [1.165, 1.54) is 5.56 Å². The first-order chi connectivity index (χ1) is 13.6. The number of benzene rings is 2. The molecule has 0 aliphatic heterocycles. The number of nitrogens with one attached hydrogen (secondary N) is 2. The second-order valence-electron chi connectivity index (χ2n) is 6.12. The molecule has 0 fully saturated rings. The van der Waals surface area contributed by atoms with Gasteiger partial charge in [0.15, 0.2) is 0 Å². The first-order valence-corrected chi connectivity index (χ1v) is 8.98. The minimum atomic E-state index is -0.268. The summed E-state index contributed by atoms with van der Waals surface area (Å²) in [5.41, 5.74) is 3.28. The molecule has 0 spiro atoms. The maximum atomic E-state index is 12.5. The van der Waals surface area contributed by atoms with Crippen molar-refractivity contribution in [2.75, 3.05) is 24.9 Å². The fourth-order valence-electron chi connectivity index (χ4n) is 2.77. The number of hydrogen-bond acceptors (Lipinski definition) is 5. The first-order valence-electron chi connectivity index (χ1n) is 8.98. The van der Waals surface area contributed by atoms with Crippen LogP contribution in [0.1, 0.15) is 22.8 Å². The van der Waals surface area contributed by atoms with Crippen LogP contribution in [0.4, 0.5) is 17.2 Å². The molecule has 0 radical (unpaired) electrons. The summed E-state index contributed by atoms with van der Waals surface area (Å²) in [7, 11) is 3.09. The fraction of sp³-hybridized carbons (Fsp3) is 0.182. The molecule has 3 aromatic rings. The first kappa shape index (κ1) is 19.2. The van der Waals surface area contributed by atoms with Crippen molar-refractivity contribution in [1.82, 2.24) is 4.98 Å². The topological polar surface area (TPSA) is 72.5 Å². The zero-order valence-corrected chi connectivity index (χ0v) is 16.2. The summed E-state index contributed by atoms with van der Waals surface area (Å²) in [5.74, 6) is 1.55. The highest BCUT2D eigenvalue weighted by Crippen LogP contribution is 2.24. The average Bonchev–Trinajstić information content (AvgIpc) is 2.75. The molecule has 0 aliphatic carbocycles. The number of aromatic nitrogens is 1. The van der Waals surface area contributed by atoms with Gasteiger partial charge >= 0.3 is 0 Å². The van der Waals surface area contributed by atoms with Gasteiger partial charge in [-0.05, 0) is 42.3 Å². The Kier molecular flexibility index (Phi) is 6.11. The van der Waals surface area contributed by atoms with Crippen molar-refractivity contribution in [2.24, 2.45) is 0 Å². The van der Waals surface area contributed by atoms with Crippen LogP contribution in [-0.4, -0.2) is 25.1 Å². The summed E-state index contributed by atoms with van der Waals surface area (Å²) in [5, 5.41) is 6.14. The Hall–Kier alpha value is -3.54. The number of nitrogens with zero attached hydrogens (tertiary/aromatic N) is 1. The Labute approximate surface area is 164 Å². The molecule has 0 saturated carbocycles. The molecule has 0 unspecified atom stereocenters. The van der Waals surface area contributed by atoms with Gasteiger partial charge in [-0.25, -0.2) is 4.98 Å². The van der Waals surface area contributed by atoms with Crippen molar-refractivity contribution >= 4 is 23.1 Å².